The molecule has 1 aliphatic rings. The Morgan fingerprint density at radius 2 is 1.89 bits per heavy atom. The molecule has 1 fully saturated rings. The Labute approximate surface area is 121 Å². The third kappa shape index (κ3) is 4.02. The van der Waals surface area contributed by atoms with Crippen LogP contribution in [0.4, 0.5) is 0 Å². The fourth-order valence-electron chi connectivity index (χ4n) is 1.52. The maximum absolute atomic E-state index is 12.1. The number of benzene rings is 1. The Bertz CT molecular complexity index is 567. The first kappa shape index (κ1) is 14.5. The monoisotopic (exact) mass is 346 g/mol. The molecule has 1 atom stereocenters. The lowest BCUT2D eigenvalue weighted by molar-refractivity contribution is -0.122. The number of sulfonamides is 1. The van der Waals surface area contributed by atoms with Gasteiger partial charge in [0.05, 0.1) is 10.9 Å². The Kier molecular flexibility index (Phi) is 4.27. The summed E-state index contributed by atoms with van der Waals surface area (Å²) in [6.07, 6.45) is 1.94. The number of rotatable bonds is 5. The van der Waals surface area contributed by atoms with E-state index >= 15 is 0 Å². The largest absolute Gasteiger partial charge is 0.352 e. The van der Waals surface area contributed by atoms with Crippen molar-refractivity contribution in [2.45, 2.75) is 36.7 Å². The van der Waals surface area contributed by atoms with Crippen LogP contribution in [0.15, 0.2) is 33.6 Å². The van der Waals surface area contributed by atoms with Crippen LogP contribution in [0.3, 0.4) is 0 Å². The van der Waals surface area contributed by atoms with Gasteiger partial charge in [0.1, 0.15) is 0 Å². The summed E-state index contributed by atoms with van der Waals surface area (Å²) in [7, 11) is -3.67. The normalized spacial score (nSPS) is 16.9. The molecule has 19 heavy (non-hydrogen) atoms. The second-order valence-corrected chi connectivity index (χ2v) is 7.21. The van der Waals surface area contributed by atoms with Gasteiger partial charge in [0, 0.05) is 10.5 Å². The lowest BCUT2D eigenvalue weighted by atomic mass is 10.3. The molecule has 2 N–H and O–H groups in total. The highest BCUT2D eigenvalue weighted by Crippen LogP contribution is 2.19. The summed E-state index contributed by atoms with van der Waals surface area (Å²) in [5, 5.41) is 2.76. The number of carbonyl (C=O) groups excluding carboxylic acids is 1. The molecule has 0 heterocycles. The van der Waals surface area contributed by atoms with E-state index in [-0.39, 0.29) is 16.8 Å². The molecule has 0 saturated heterocycles. The molecule has 1 aromatic carbocycles. The van der Waals surface area contributed by atoms with Crippen LogP contribution < -0.4 is 10.0 Å². The zero-order valence-electron chi connectivity index (χ0n) is 10.4. The average molecular weight is 347 g/mol. The van der Waals surface area contributed by atoms with Gasteiger partial charge in [0.15, 0.2) is 0 Å². The second-order valence-electron chi connectivity index (χ2n) is 4.58. The Hall–Kier alpha value is -0.920. The molecular weight excluding hydrogens is 332 g/mol. The summed E-state index contributed by atoms with van der Waals surface area (Å²) in [5.74, 6) is -0.289. The molecule has 1 aromatic rings. The van der Waals surface area contributed by atoms with E-state index in [0.717, 1.165) is 17.3 Å². The molecule has 0 aliphatic heterocycles. The third-order valence-electron chi connectivity index (χ3n) is 2.77. The summed E-state index contributed by atoms with van der Waals surface area (Å²) >= 11 is 3.24. The molecule has 1 unspecified atom stereocenters. The summed E-state index contributed by atoms with van der Waals surface area (Å²) in [6.45, 7) is 1.54. The first-order valence-corrected chi connectivity index (χ1v) is 8.24. The van der Waals surface area contributed by atoms with E-state index in [1.165, 1.54) is 19.1 Å². The van der Waals surface area contributed by atoms with Gasteiger partial charge >= 0.3 is 0 Å². The van der Waals surface area contributed by atoms with E-state index < -0.39 is 16.1 Å². The SMILES string of the molecule is CC(NS(=O)(=O)c1ccc(Br)cc1)C(=O)NC1CC1. The molecule has 104 valence electrons. The summed E-state index contributed by atoms with van der Waals surface area (Å²) < 4.78 is 27.3. The Morgan fingerprint density at radius 3 is 2.42 bits per heavy atom. The molecule has 1 amide bonds. The van der Waals surface area contributed by atoms with Crippen molar-refractivity contribution in [1.82, 2.24) is 10.0 Å². The van der Waals surface area contributed by atoms with Crippen LogP contribution in [-0.2, 0) is 14.8 Å². The lowest BCUT2D eigenvalue weighted by Gasteiger charge is -2.14. The average Bonchev–Trinajstić information content (AvgIpc) is 3.12. The predicted molar refractivity (Wildman–Crippen MR) is 75.1 cm³/mol. The second kappa shape index (κ2) is 5.60. The first-order valence-electron chi connectivity index (χ1n) is 5.97. The van der Waals surface area contributed by atoms with Gasteiger partial charge in [0.2, 0.25) is 15.9 Å². The smallest absolute Gasteiger partial charge is 0.241 e. The quantitative estimate of drug-likeness (QED) is 0.845. The maximum Gasteiger partial charge on any atom is 0.241 e. The highest BCUT2D eigenvalue weighted by Gasteiger charge is 2.27. The van der Waals surface area contributed by atoms with Crippen LogP contribution in [0.2, 0.25) is 0 Å². The van der Waals surface area contributed by atoms with Gasteiger partial charge in [-0.3, -0.25) is 4.79 Å². The van der Waals surface area contributed by atoms with Crippen molar-refractivity contribution in [2.24, 2.45) is 0 Å². The van der Waals surface area contributed by atoms with E-state index in [1.54, 1.807) is 12.1 Å². The zero-order valence-corrected chi connectivity index (χ0v) is 12.8. The fraction of sp³-hybridized carbons (Fsp3) is 0.417. The predicted octanol–water partition coefficient (Wildman–Crippen LogP) is 1.39. The number of halogens is 1. The highest BCUT2D eigenvalue weighted by atomic mass is 79.9. The van der Waals surface area contributed by atoms with Gasteiger partial charge < -0.3 is 5.32 Å². The van der Waals surface area contributed by atoms with Gasteiger partial charge in [-0.1, -0.05) is 15.9 Å². The molecule has 0 bridgehead atoms. The lowest BCUT2D eigenvalue weighted by Crippen LogP contribution is -2.45. The van der Waals surface area contributed by atoms with E-state index in [0.29, 0.717) is 0 Å². The molecule has 0 radical (unpaired) electrons. The Morgan fingerprint density at radius 1 is 1.32 bits per heavy atom. The fourth-order valence-corrected chi connectivity index (χ4v) is 2.99. The molecule has 0 aromatic heterocycles. The van der Waals surface area contributed by atoms with Crippen LogP contribution in [0.1, 0.15) is 19.8 Å². The summed E-state index contributed by atoms with van der Waals surface area (Å²) in [6, 6.07) is 5.68. The summed E-state index contributed by atoms with van der Waals surface area (Å²) in [4.78, 5) is 11.9. The Balaban J connectivity index is 2.03. The van der Waals surface area contributed by atoms with E-state index in [1.807, 2.05) is 0 Å². The molecule has 7 heteroatoms. The number of hydrogen-bond donors (Lipinski definition) is 2. The molecule has 0 spiro atoms. The van der Waals surface area contributed by atoms with Crippen LogP contribution >= 0.6 is 15.9 Å². The van der Waals surface area contributed by atoms with Gasteiger partial charge in [0.25, 0.3) is 0 Å². The van der Waals surface area contributed by atoms with Crippen molar-refractivity contribution in [1.29, 1.82) is 0 Å². The van der Waals surface area contributed by atoms with Crippen molar-refractivity contribution in [2.75, 3.05) is 0 Å². The van der Waals surface area contributed by atoms with E-state index in [2.05, 4.69) is 26.0 Å². The molecule has 5 nitrogen and oxygen atoms in total. The van der Waals surface area contributed by atoms with Crippen molar-refractivity contribution in [3.8, 4) is 0 Å². The topological polar surface area (TPSA) is 75.3 Å². The van der Waals surface area contributed by atoms with Gasteiger partial charge in [-0.25, -0.2) is 8.42 Å². The molecule has 1 saturated carbocycles. The maximum atomic E-state index is 12.1. The third-order valence-corrected chi connectivity index (χ3v) is 4.86. The van der Waals surface area contributed by atoms with Crippen molar-refractivity contribution < 1.29 is 13.2 Å². The van der Waals surface area contributed by atoms with Crippen molar-refractivity contribution in [3.63, 3.8) is 0 Å². The first-order chi connectivity index (χ1) is 8.88. The minimum Gasteiger partial charge on any atom is -0.352 e. The van der Waals surface area contributed by atoms with Gasteiger partial charge in [-0.15, -0.1) is 0 Å². The number of carbonyl (C=O) groups is 1. The zero-order chi connectivity index (χ0) is 14.0. The minimum atomic E-state index is -3.67. The molecule has 1 aliphatic carbocycles. The van der Waals surface area contributed by atoms with Gasteiger partial charge in [-0.2, -0.15) is 4.72 Å². The minimum absolute atomic E-state index is 0.141. The summed E-state index contributed by atoms with van der Waals surface area (Å²) in [5.41, 5.74) is 0. The van der Waals surface area contributed by atoms with E-state index in [4.69, 9.17) is 0 Å². The standard InChI is InChI=1S/C12H15BrN2O3S/c1-8(12(16)14-10-4-5-10)15-19(17,18)11-6-2-9(13)3-7-11/h2-3,6-8,10,15H,4-5H2,1H3,(H,14,16). The van der Waals surface area contributed by atoms with Crippen LogP contribution in [0.5, 0.6) is 0 Å². The van der Waals surface area contributed by atoms with Crippen LogP contribution in [-0.4, -0.2) is 26.4 Å². The van der Waals surface area contributed by atoms with Crippen molar-refractivity contribution >= 4 is 31.9 Å². The highest BCUT2D eigenvalue weighted by molar-refractivity contribution is 9.10. The van der Waals surface area contributed by atoms with Crippen LogP contribution in [0, 0.1) is 0 Å². The van der Waals surface area contributed by atoms with Crippen LogP contribution in [0.25, 0.3) is 0 Å². The number of nitrogens with one attached hydrogen (secondary N) is 2. The van der Waals surface area contributed by atoms with Gasteiger partial charge in [-0.05, 0) is 44.0 Å². The molecule has 2 rings (SSSR count). The van der Waals surface area contributed by atoms with Crippen molar-refractivity contribution in [3.05, 3.63) is 28.7 Å². The van der Waals surface area contributed by atoms with E-state index in [9.17, 15) is 13.2 Å². The number of amides is 1. The molecular formula is C12H15BrN2O3S. The number of hydrogen-bond acceptors (Lipinski definition) is 3.